The maximum Gasteiger partial charge on any atom is 0.264 e. The number of ether oxygens (including phenoxy) is 1. The van der Waals surface area contributed by atoms with Gasteiger partial charge in [0.25, 0.3) is 5.91 Å². The number of amides is 1. The summed E-state index contributed by atoms with van der Waals surface area (Å²) in [6, 6.07) is 11.9. The molecule has 1 amide bonds. The number of carbonyl (C=O) groups excluding carboxylic acids is 1. The summed E-state index contributed by atoms with van der Waals surface area (Å²) in [4.78, 5) is 15.5. The summed E-state index contributed by atoms with van der Waals surface area (Å²) in [7, 11) is 0. The van der Waals surface area contributed by atoms with E-state index < -0.39 is 5.82 Å². The molecule has 2 aromatic carbocycles. The van der Waals surface area contributed by atoms with Crippen LogP contribution in [0.15, 0.2) is 47.4 Å². The van der Waals surface area contributed by atoms with Crippen molar-refractivity contribution in [1.29, 1.82) is 0 Å². The molecule has 126 valence electrons. The van der Waals surface area contributed by atoms with Crippen molar-refractivity contribution in [2.75, 3.05) is 18.1 Å². The number of thioether (sulfide) groups is 1. The van der Waals surface area contributed by atoms with Crippen LogP contribution in [0.4, 0.5) is 10.1 Å². The van der Waals surface area contributed by atoms with Gasteiger partial charge >= 0.3 is 0 Å². The molecule has 0 aromatic heterocycles. The molecule has 0 saturated carbocycles. The third-order valence-corrected chi connectivity index (χ3v) is 5.32. The Morgan fingerprint density at radius 1 is 1.38 bits per heavy atom. The molecule has 1 aliphatic rings. The Balaban J connectivity index is 1.73. The van der Waals surface area contributed by atoms with Gasteiger partial charge in [-0.05, 0) is 30.7 Å². The zero-order valence-corrected chi connectivity index (χ0v) is 14.7. The van der Waals surface area contributed by atoms with Crippen LogP contribution in [0.2, 0.25) is 5.02 Å². The first-order valence-electron chi connectivity index (χ1n) is 7.68. The van der Waals surface area contributed by atoms with Gasteiger partial charge in [-0.2, -0.15) is 0 Å². The van der Waals surface area contributed by atoms with Crippen LogP contribution in [0, 0.1) is 5.82 Å². The lowest BCUT2D eigenvalue weighted by Crippen LogP contribution is -2.36. The third-order valence-electron chi connectivity index (χ3n) is 3.80. The second-order valence-electron chi connectivity index (χ2n) is 5.59. The number of hydrogen-bond donors (Lipinski definition) is 0. The Hall–Kier alpha value is -1.72. The smallest absolute Gasteiger partial charge is 0.264 e. The van der Waals surface area contributed by atoms with E-state index in [-0.39, 0.29) is 17.5 Å². The van der Waals surface area contributed by atoms with E-state index in [0.29, 0.717) is 17.5 Å². The molecule has 3 rings (SSSR count). The minimum Gasteiger partial charge on any atom is -0.484 e. The zero-order valence-electron chi connectivity index (χ0n) is 13.2. The molecule has 0 fully saturated rings. The Morgan fingerprint density at radius 3 is 2.96 bits per heavy atom. The van der Waals surface area contributed by atoms with Gasteiger partial charge in [0.05, 0.1) is 10.7 Å². The molecule has 0 unspecified atom stereocenters. The lowest BCUT2D eigenvalue weighted by Gasteiger charge is -2.22. The van der Waals surface area contributed by atoms with Gasteiger partial charge in [-0.25, -0.2) is 4.39 Å². The van der Waals surface area contributed by atoms with E-state index in [0.717, 1.165) is 17.0 Å². The van der Waals surface area contributed by atoms with E-state index in [9.17, 15) is 9.18 Å². The number of para-hydroxylation sites is 1. The van der Waals surface area contributed by atoms with E-state index in [2.05, 4.69) is 6.92 Å². The molecule has 0 aliphatic carbocycles. The van der Waals surface area contributed by atoms with Crippen LogP contribution < -0.4 is 9.64 Å². The highest BCUT2D eigenvalue weighted by Gasteiger charge is 2.24. The molecule has 0 bridgehead atoms. The van der Waals surface area contributed by atoms with Crippen molar-refractivity contribution >= 4 is 35.0 Å². The highest BCUT2D eigenvalue weighted by atomic mass is 35.5. The SMILES string of the molecule is C[C@@H]1CCN(C(=O)COc2ccc(F)c(Cl)c2)c2ccccc2S1. The number of rotatable bonds is 3. The van der Waals surface area contributed by atoms with Gasteiger partial charge in [-0.3, -0.25) is 4.79 Å². The fourth-order valence-corrected chi connectivity index (χ4v) is 3.82. The molecule has 1 atom stereocenters. The first kappa shape index (κ1) is 17.1. The molecule has 24 heavy (non-hydrogen) atoms. The Labute approximate surface area is 149 Å². The third kappa shape index (κ3) is 3.84. The van der Waals surface area contributed by atoms with Gasteiger partial charge in [0.15, 0.2) is 6.61 Å². The monoisotopic (exact) mass is 365 g/mol. The van der Waals surface area contributed by atoms with Crippen molar-refractivity contribution in [3.8, 4) is 5.75 Å². The van der Waals surface area contributed by atoms with Crippen LogP contribution in [-0.4, -0.2) is 24.3 Å². The topological polar surface area (TPSA) is 29.5 Å². The minimum atomic E-state index is -0.511. The van der Waals surface area contributed by atoms with E-state index in [1.807, 2.05) is 24.3 Å². The standard InChI is InChI=1S/C18H17ClFNO2S/c1-12-8-9-21(16-4-2-3-5-17(16)24-12)18(22)11-23-13-6-7-15(20)14(19)10-13/h2-7,10,12H,8-9,11H2,1H3/t12-/m1/s1. The van der Waals surface area contributed by atoms with Gasteiger partial charge in [0, 0.05) is 22.8 Å². The van der Waals surface area contributed by atoms with E-state index >= 15 is 0 Å². The Kier molecular flexibility index (Phi) is 5.31. The number of carbonyl (C=O) groups is 1. The van der Waals surface area contributed by atoms with E-state index in [4.69, 9.17) is 16.3 Å². The molecule has 1 heterocycles. The van der Waals surface area contributed by atoms with Gasteiger partial charge in [0.2, 0.25) is 0 Å². The van der Waals surface area contributed by atoms with Gasteiger partial charge in [-0.1, -0.05) is 30.7 Å². The summed E-state index contributed by atoms with van der Waals surface area (Å²) in [5.74, 6) is -0.263. The average Bonchev–Trinajstić information content (AvgIpc) is 2.74. The number of nitrogens with zero attached hydrogens (tertiary/aromatic N) is 1. The average molecular weight is 366 g/mol. The van der Waals surface area contributed by atoms with Crippen LogP contribution in [-0.2, 0) is 4.79 Å². The number of benzene rings is 2. The number of fused-ring (bicyclic) bond motifs is 1. The van der Waals surface area contributed by atoms with Crippen LogP contribution in [0.5, 0.6) is 5.75 Å². The Morgan fingerprint density at radius 2 is 2.17 bits per heavy atom. The molecular weight excluding hydrogens is 349 g/mol. The molecule has 0 N–H and O–H groups in total. The molecule has 2 aromatic rings. The molecule has 6 heteroatoms. The number of hydrogen-bond acceptors (Lipinski definition) is 3. The van der Waals surface area contributed by atoms with Gasteiger partial charge < -0.3 is 9.64 Å². The fraction of sp³-hybridized carbons (Fsp3) is 0.278. The summed E-state index contributed by atoms with van der Waals surface area (Å²) in [5, 5.41) is 0.422. The molecule has 1 aliphatic heterocycles. The maximum absolute atomic E-state index is 13.2. The van der Waals surface area contributed by atoms with Crippen molar-refractivity contribution in [1.82, 2.24) is 0 Å². The lowest BCUT2D eigenvalue weighted by molar-refractivity contribution is -0.120. The van der Waals surface area contributed by atoms with Gasteiger partial charge in [-0.15, -0.1) is 11.8 Å². The predicted molar refractivity (Wildman–Crippen MR) is 95.6 cm³/mol. The number of anilines is 1. The number of halogens is 2. The molecule has 0 spiro atoms. The fourth-order valence-electron chi connectivity index (χ4n) is 2.54. The quantitative estimate of drug-likeness (QED) is 0.784. The van der Waals surface area contributed by atoms with E-state index in [1.54, 1.807) is 16.7 Å². The van der Waals surface area contributed by atoms with Crippen molar-refractivity contribution in [3.05, 3.63) is 53.3 Å². The molecule has 0 saturated heterocycles. The molecule has 3 nitrogen and oxygen atoms in total. The van der Waals surface area contributed by atoms with Crippen LogP contribution in [0.1, 0.15) is 13.3 Å². The second kappa shape index (κ2) is 7.45. The summed E-state index contributed by atoms with van der Waals surface area (Å²) < 4.78 is 18.7. The van der Waals surface area contributed by atoms with Crippen molar-refractivity contribution in [2.24, 2.45) is 0 Å². The van der Waals surface area contributed by atoms with Crippen LogP contribution >= 0.6 is 23.4 Å². The van der Waals surface area contributed by atoms with E-state index in [1.165, 1.54) is 18.2 Å². The summed E-state index contributed by atoms with van der Waals surface area (Å²) in [6.07, 6.45) is 0.910. The second-order valence-corrected chi connectivity index (χ2v) is 7.48. The maximum atomic E-state index is 13.2. The summed E-state index contributed by atoms with van der Waals surface area (Å²) in [5.41, 5.74) is 0.914. The largest absolute Gasteiger partial charge is 0.484 e. The lowest BCUT2D eigenvalue weighted by atomic mass is 10.2. The first-order chi connectivity index (χ1) is 11.5. The van der Waals surface area contributed by atoms with Crippen molar-refractivity contribution in [2.45, 2.75) is 23.5 Å². The van der Waals surface area contributed by atoms with Gasteiger partial charge in [0.1, 0.15) is 11.6 Å². The zero-order chi connectivity index (χ0) is 17.1. The summed E-state index contributed by atoms with van der Waals surface area (Å²) >= 11 is 7.51. The van der Waals surface area contributed by atoms with Crippen molar-refractivity contribution < 1.29 is 13.9 Å². The van der Waals surface area contributed by atoms with Crippen LogP contribution in [0.25, 0.3) is 0 Å². The van der Waals surface area contributed by atoms with Crippen LogP contribution in [0.3, 0.4) is 0 Å². The van der Waals surface area contributed by atoms with Crippen molar-refractivity contribution in [3.63, 3.8) is 0 Å². The minimum absolute atomic E-state index is 0.0229. The Bertz CT molecular complexity index is 756. The predicted octanol–water partition coefficient (Wildman–Crippen LogP) is 4.78. The summed E-state index contributed by atoms with van der Waals surface area (Å²) in [6.45, 7) is 2.69. The highest BCUT2D eigenvalue weighted by Crippen LogP contribution is 2.37. The first-order valence-corrected chi connectivity index (χ1v) is 8.94. The molecule has 0 radical (unpaired) electrons. The molecular formula is C18H17ClFNO2S. The highest BCUT2D eigenvalue weighted by molar-refractivity contribution is 8.00. The normalized spacial score (nSPS) is 17.1.